The van der Waals surface area contributed by atoms with Crippen molar-refractivity contribution in [1.82, 2.24) is 0 Å². The molecule has 0 aliphatic heterocycles. The molecular weight excluding hydrogens is 246 g/mol. The molecule has 0 radical (unpaired) electrons. The molecule has 0 aromatic heterocycles. The molecule has 0 N–H and O–H groups in total. The van der Waals surface area contributed by atoms with Gasteiger partial charge in [0.05, 0.1) is 0 Å². The highest BCUT2D eigenvalue weighted by molar-refractivity contribution is 6.29. The topological polar surface area (TPSA) is 20.3 Å². The second kappa shape index (κ2) is 6.24. The number of anilines is 1. The van der Waals surface area contributed by atoms with E-state index in [0.717, 1.165) is 5.69 Å². The maximum absolute atomic E-state index is 11.5. The number of nitrogens with zero attached hydrogens (tertiary/aromatic N) is 1. The van der Waals surface area contributed by atoms with Crippen LogP contribution in [-0.2, 0) is 4.79 Å². The molecule has 1 aliphatic carbocycles. The predicted molar refractivity (Wildman–Crippen MR) is 76.4 cm³/mol. The Balaban J connectivity index is 2.07. The van der Waals surface area contributed by atoms with Crippen molar-refractivity contribution in [2.75, 3.05) is 17.8 Å². The van der Waals surface area contributed by atoms with E-state index in [-0.39, 0.29) is 11.8 Å². The van der Waals surface area contributed by atoms with Gasteiger partial charge >= 0.3 is 0 Å². The molecule has 3 heteroatoms. The van der Waals surface area contributed by atoms with Crippen molar-refractivity contribution in [2.24, 2.45) is 0 Å². The number of carbonyl (C=O) groups is 1. The number of benzene rings is 1. The first-order valence-corrected chi connectivity index (χ1v) is 7.18. The van der Waals surface area contributed by atoms with Gasteiger partial charge in [-0.3, -0.25) is 4.79 Å². The van der Waals surface area contributed by atoms with E-state index in [4.69, 9.17) is 11.6 Å². The molecule has 1 amide bonds. The van der Waals surface area contributed by atoms with Crippen LogP contribution < -0.4 is 4.90 Å². The summed E-state index contributed by atoms with van der Waals surface area (Å²) in [6, 6.07) is 8.36. The van der Waals surface area contributed by atoms with Gasteiger partial charge in [0.15, 0.2) is 0 Å². The van der Waals surface area contributed by atoms with Crippen LogP contribution in [0, 0.1) is 0 Å². The summed E-state index contributed by atoms with van der Waals surface area (Å²) in [6.07, 6.45) is 6.67. The molecule has 1 saturated carbocycles. The van der Waals surface area contributed by atoms with Gasteiger partial charge in [0.25, 0.3) is 0 Å². The van der Waals surface area contributed by atoms with Gasteiger partial charge in [0.2, 0.25) is 5.91 Å². The summed E-state index contributed by atoms with van der Waals surface area (Å²) >= 11 is 5.56. The average molecular weight is 266 g/mol. The third kappa shape index (κ3) is 3.05. The van der Waals surface area contributed by atoms with Gasteiger partial charge in [-0.1, -0.05) is 31.4 Å². The lowest BCUT2D eigenvalue weighted by Crippen LogP contribution is -2.27. The van der Waals surface area contributed by atoms with E-state index in [1.54, 1.807) is 11.9 Å². The molecule has 98 valence electrons. The zero-order valence-electron chi connectivity index (χ0n) is 10.9. The van der Waals surface area contributed by atoms with E-state index >= 15 is 0 Å². The molecule has 0 spiro atoms. The van der Waals surface area contributed by atoms with Gasteiger partial charge in [0.1, 0.15) is 5.88 Å². The molecular formula is C15H20ClNO. The quantitative estimate of drug-likeness (QED) is 0.758. The first-order chi connectivity index (χ1) is 8.72. The molecule has 0 unspecified atom stereocenters. The first-order valence-electron chi connectivity index (χ1n) is 6.65. The van der Waals surface area contributed by atoms with Crippen LogP contribution in [0.4, 0.5) is 5.69 Å². The van der Waals surface area contributed by atoms with E-state index < -0.39 is 0 Å². The van der Waals surface area contributed by atoms with E-state index in [9.17, 15) is 4.79 Å². The number of hydrogen-bond donors (Lipinski definition) is 0. The largest absolute Gasteiger partial charge is 0.314 e. The maximum atomic E-state index is 11.5. The Morgan fingerprint density at radius 3 is 2.39 bits per heavy atom. The van der Waals surface area contributed by atoms with E-state index in [0.29, 0.717) is 5.92 Å². The van der Waals surface area contributed by atoms with Gasteiger partial charge in [-0.2, -0.15) is 0 Å². The van der Waals surface area contributed by atoms with Crippen LogP contribution in [0.2, 0.25) is 0 Å². The van der Waals surface area contributed by atoms with Crippen LogP contribution in [-0.4, -0.2) is 18.8 Å². The fourth-order valence-electron chi connectivity index (χ4n) is 2.64. The number of halogens is 1. The summed E-state index contributed by atoms with van der Waals surface area (Å²) in [4.78, 5) is 13.1. The van der Waals surface area contributed by atoms with Crippen molar-refractivity contribution < 1.29 is 4.79 Å². The minimum absolute atomic E-state index is 0.0286. The third-order valence-electron chi connectivity index (χ3n) is 3.85. The van der Waals surface area contributed by atoms with Crippen molar-refractivity contribution in [2.45, 2.75) is 38.0 Å². The first kappa shape index (κ1) is 13.4. The van der Waals surface area contributed by atoms with Gasteiger partial charge in [-0.05, 0) is 36.5 Å². The van der Waals surface area contributed by atoms with Crippen LogP contribution in [0.3, 0.4) is 0 Å². The molecule has 2 nitrogen and oxygen atoms in total. The fraction of sp³-hybridized carbons (Fsp3) is 0.533. The second-order valence-electron chi connectivity index (χ2n) is 5.01. The lowest BCUT2D eigenvalue weighted by Gasteiger charge is -2.23. The van der Waals surface area contributed by atoms with Crippen LogP contribution in [0.25, 0.3) is 0 Å². The van der Waals surface area contributed by atoms with Crippen LogP contribution in [0.15, 0.2) is 24.3 Å². The minimum Gasteiger partial charge on any atom is -0.314 e. The Morgan fingerprint density at radius 2 is 1.83 bits per heavy atom. The van der Waals surface area contributed by atoms with Crippen molar-refractivity contribution in [3.8, 4) is 0 Å². The molecule has 0 bridgehead atoms. The van der Waals surface area contributed by atoms with Crippen molar-refractivity contribution >= 4 is 23.2 Å². The van der Waals surface area contributed by atoms with Crippen LogP contribution in [0.1, 0.15) is 43.6 Å². The van der Waals surface area contributed by atoms with Crippen LogP contribution >= 0.6 is 11.6 Å². The third-order valence-corrected chi connectivity index (χ3v) is 4.07. The fourth-order valence-corrected chi connectivity index (χ4v) is 2.82. The molecule has 18 heavy (non-hydrogen) atoms. The summed E-state index contributed by atoms with van der Waals surface area (Å²) in [5.41, 5.74) is 2.32. The Labute approximate surface area is 114 Å². The highest BCUT2D eigenvalue weighted by Crippen LogP contribution is 2.33. The predicted octanol–water partition coefficient (Wildman–Crippen LogP) is 3.94. The zero-order chi connectivity index (χ0) is 13.0. The normalized spacial score (nSPS) is 16.6. The maximum Gasteiger partial charge on any atom is 0.241 e. The zero-order valence-corrected chi connectivity index (χ0v) is 11.6. The lowest BCUT2D eigenvalue weighted by molar-refractivity contribution is -0.116. The Hall–Kier alpha value is -1.02. The van der Waals surface area contributed by atoms with Crippen molar-refractivity contribution in [3.05, 3.63) is 29.8 Å². The highest BCUT2D eigenvalue weighted by atomic mass is 35.5. The lowest BCUT2D eigenvalue weighted by atomic mass is 9.84. The molecule has 1 aliphatic rings. The van der Waals surface area contributed by atoms with Crippen molar-refractivity contribution in [3.63, 3.8) is 0 Å². The van der Waals surface area contributed by atoms with E-state index in [2.05, 4.69) is 12.1 Å². The number of carbonyl (C=O) groups excluding carboxylic acids is 1. The van der Waals surface area contributed by atoms with E-state index in [1.165, 1.54) is 37.7 Å². The Morgan fingerprint density at radius 1 is 1.22 bits per heavy atom. The number of amides is 1. The highest BCUT2D eigenvalue weighted by Gasteiger charge is 2.16. The summed E-state index contributed by atoms with van der Waals surface area (Å²) in [6.45, 7) is 0. The SMILES string of the molecule is CN(C(=O)CCl)c1ccc(C2CCCCC2)cc1. The molecule has 1 fully saturated rings. The molecule has 1 aromatic rings. The molecule has 0 saturated heterocycles. The summed E-state index contributed by atoms with van der Waals surface area (Å²) in [5, 5.41) is 0. The molecule has 1 aromatic carbocycles. The molecule has 0 atom stereocenters. The monoisotopic (exact) mass is 265 g/mol. The second-order valence-corrected chi connectivity index (χ2v) is 5.28. The van der Waals surface area contributed by atoms with Gasteiger partial charge < -0.3 is 4.90 Å². The van der Waals surface area contributed by atoms with Crippen LogP contribution in [0.5, 0.6) is 0 Å². The summed E-state index contributed by atoms with van der Waals surface area (Å²) in [5.74, 6) is 0.671. The summed E-state index contributed by atoms with van der Waals surface area (Å²) in [7, 11) is 1.76. The van der Waals surface area contributed by atoms with Gasteiger partial charge in [-0.15, -0.1) is 11.6 Å². The molecule has 0 heterocycles. The summed E-state index contributed by atoms with van der Waals surface area (Å²) < 4.78 is 0. The Bertz CT molecular complexity index is 395. The minimum atomic E-state index is -0.0675. The number of hydrogen-bond acceptors (Lipinski definition) is 1. The van der Waals surface area contributed by atoms with Gasteiger partial charge in [-0.25, -0.2) is 0 Å². The van der Waals surface area contributed by atoms with Crippen molar-refractivity contribution in [1.29, 1.82) is 0 Å². The number of alkyl halides is 1. The standard InChI is InChI=1S/C15H20ClNO/c1-17(15(18)11-16)14-9-7-13(8-10-14)12-5-3-2-4-6-12/h7-10,12H,2-6,11H2,1H3. The van der Waals surface area contributed by atoms with Gasteiger partial charge in [0, 0.05) is 12.7 Å². The molecule has 2 rings (SSSR count). The average Bonchev–Trinajstić information content (AvgIpc) is 2.47. The van der Waals surface area contributed by atoms with E-state index in [1.807, 2.05) is 12.1 Å². The smallest absolute Gasteiger partial charge is 0.241 e. The Kier molecular flexibility index (Phi) is 4.65. The number of rotatable bonds is 3.